The Bertz CT molecular complexity index is 1010. The van der Waals surface area contributed by atoms with Crippen LogP contribution >= 0.6 is 15.9 Å². The Labute approximate surface area is 184 Å². The van der Waals surface area contributed by atoms with Gasteiger partial charge < -0.3 is 14.4 Å². The van der Waals surface area contributed by atoms with E-state index in [0.717, 1.165) is 17.3 Å². The number of carbonyl (C=O) groups excluding carboxylic acids is 1. The fraction of sp³-hybridized carbons (Fsp3) is 0.381. The lowest BCUT2D eigenvalue weighted by molar-refractivity contribution is -0.0969. The van der Waals surface area contributed by atoms with Gasteiger partial charge in [-0.2, -0.15) is 0 Å². The number of anilines is 1. The molecule has 2 saturated heterocycles. The van der Waals surface area contributed by atoms with Gasteiger partial charge in [0.2, 0.25) is 0 Å². The quantitative estimate of drug-likeness (QED) is 0.687. The molecule has 4 rings (SSSR count). The molecule has 2 heterocycles. The number of likely N-dealkylation sites (tertiary alicyclic amines) is 1. The summed E-state index contributed by atoms with van der Waals surface area (Å²) in [5.74, 6) is -0.0467. The summed E-state index contributed by atoms with van der Waals surface area (Å²) in [5.41, 5.74) is 0.799. The van der Waals surface area contributed by atoms with Crippen molar-refractivity contribution in [2.75, 3.05) is 31.0 Å². The summed E-state index contributed by atoms with van der Waals surface area (Å²) in [7, 11) is -3.81. The highest BCUT2D eigenvalue weighted by Crippen LogP contribution is 2.26. The highest BCUT2D eigenvalue weighted by Gasteiger charge is 2.33. The second-order valence-electron chi connectivity index (χ2n) is 7.40. The summed E-state index contributed by atoms with van der Waals surface area (Å²) in [6.45, 7) is 2.34. The van der Waals surface area contributed by atoms with Crippen LogP contribution in [0.5, 0.6) is 0 Å². The van der Waals surface area contributed by atoms with Crippen molar-refractivity contribution in [2.45, 2.75) is 24.0 Å². The Morgan fingerprint density at radius 3 is 2.57 bits per heavy atom. The van der Waals surface area contributed by atoms with E-state index in [1.165, 1.54) is 12.1 Å². The van der Waals surface area contributed by atoms with Crippen LogP contribution in [0.15, 0.2) is 57.9 Å². The molecule has 2 fully saturated rings. The van der Waals surface area contributed by atoms with E-state index >= 15 is 0 Å². The number of nitrogens with one attached hydrogen (secondary N) is 1. The maximum Gasteiger partial charge on any atom is 0.261 e. The average Bonchev–Trinajstić information content (AvgIpc) is 3.30. The fourth-order valence-corrected chi connectivity index (χ4v) is 5.14. The van der Waals surface area contributed by atoms with Gasteiger partial charge in [0, 0.05) is 34.7 Å². The number of piperidine rings is 1. The van der Waals surface area contributed by atoms with Gasteiger partial charge in [0.1, 0.15) is 0 Å². The van der Waals surface area contributed by atoms with Crippen molar-refractivity contribution in [1.82, 2.24) is 4.90 Å². The number of nitrogens with zero attached hydrogens (tertiary/aromatic N) is 1. The number of ether oxygens (including phenoxy) is 2. The molecule has 0 bridgehead atoms. The molecule has 0 radical (unpaired) electrons. The first kappa shape index (κ1) is 21.3. The van der Waals surface area contributed by atoms with E-state index in [2.05, 4.69) is 20.7 Å². The molecule has 9 heteroatoms. The van der Waals surface area contributed by atoms with Gasteiger partial charge in [-0.1, -0.05) is 22.0 Å². The van der Waals surface area contributed by atoms with Crippen LogP contribution in [0.3, 0.4) is 0 Å². The zero-order valence-corrected chi connectivity index (χ0v) is 18.7. The summed E-state index contributed by atoms with van der Waals surface area (Å²) < 4.78 is 40.2. The van der Waals surface area contributed by atoms with Crippen molar-refractivity contribution >= 4 is 37.5 Å². The minimum absolute atomic E-state index is 0.0484. The van der Waals surface area contributed by atoms with Crippen LogP contribution in [0.25, 0.3) is 0 Å². The lowest BCUT2D eigenvalue weighted by Crippen LogP contribution is -2.43. The van der Waals surface area contributed by atoms with E-state index in [1.54, 1.807) is 41.3 Å². The molecular formula is C21H23BrN2O5S. The van der Waals surface area contributed by atoms with Gasteiger partial charge in [-0.3, -0.25) is 9.52 Å². The molecule has 2 aromatic rings. The zero-order valence-electron chi connectivity index (χ0n) is 16.3. The number of amides is 1. The predicted octanol–water partition coefficient (Wildman–Crippen LogP) is 3.48. The lowest BCUT2D eigenvalue weighted by atomic mass is 9.96. The number of hydrogen-bond acceptors (Lipinski definition) is 5. The van der Waals surface area contributed by atoms with Crippen molar-refractivity contribution < 1.29 is 22.7 Å². The lowest BCUT2D eigenvalue weighted by Gasteiger charge is -2.34. The van der Waals surface area contributed by atoms with E-state index in [4.69, 9.17) is 9.47 Å². The van der Waals surface area contributed by atoms with Gasteiger partial charge in [0.25, 0.3) is 15.9 Å². The summed E-state index contributed by atoms with van der Waals surface area (Å²) in [5, 5.41) is 0. The first-order chi connectivity index (χ1) is 14.4. The summed E-state index contributed by atoms with van der Waals surface area (Å²) >= 11 is 3.32. The smallest absolute Gasteiger partial charge is 0.261 e. The Balaban J connectivity index is 1.49. The Morgan fingerprint density at radius 2 is 1.83 bits per heavy atom. The molecule has 0 aromatic heterocycles. The molecule has 30 heavy (non-hydrogen) atoms. The molecular weight excluding hydrogens is 472 g/mol. The van der Waals surface area contributed by atoms with Gasteiger partial charge in [-0.15, -0.1) is 0 Å². The minimum Gasteiger partial charge on any atom is -0.350 e. The topological polar surface area (TPSA) is 84.9 Å². The number of carbonyl (C=O) groups is 1. The monoisotopic (exact) mass is 494 g/mol. The van der Waals surface area contributed by atoms with Crippen LogP contribution in [-0.2, 0) is 19.5 Å². The standard InChI is InChI=1S/C21H23BrN2O5S/c22-17-6-8-18(9-7-17)23-30(26,27)19-5-1-3-15(13-19)20(25)24-10-2-4-16(14-24)21-28-11-12-29-21/h1,3,5-9,13,16,21,23H,2,4,10-12,14H2. The maximum absolute atomic E-state index is 13.1. The molecule has 2 aliphatic rings. The third-order valence-electron chi connectivity index (χ3n) is 5.27. The fourth-order valence-electron chi connectivity index (χ4n) is 3.78. The molecule has 160 valence electrons. The van der Waals surface area contributed by atoms with E-state index < -0.39 is 10.0 Å². The molecule has 7 nitrogen and oxygen atoms in total. The predicted molar refractivity (Wildman–Crippen MR) is 116 cm³/mol. The maximum atomic E-state index is 13.1. The number of benzene rings is 2. The molecule has 2 aliphatic heterocycles. The van der Waals surface area contributed by atoms with E-state index in [9.17, 15) is 13.2 Å². The van der Waals surface area contributed by atoms with Gasteiger partial charge in [-0.05, 0) is 55.3 Å². The molecule has 1 N–H and O–H groups in total. The first-order valence-electron chi connectivity index (χ1n) is 9.83. The van der Waals surface area contributed by atoms with Gasteiger partial charge in [0.05, 0.1) is 18.1 Å². The van der Waals surface area contributed by atoms with Crippen molar-refractivity contribution in [3.05, 3.63) is 58.6 Å². The van der Waals surface area contributed by atoms with Gasteiger partial charge in [0.15, 0.2) is 6.29 Å². The van der Waals surface area contributed by atoms with Crippen molar-refractivity contribution in [1.29, 1.82) is 0 Å². The summed E-state index contributed by atoms with van der Waals surface area (Å²) in [4.78, 5) is 14.9. The Morgan fingerprint density at radius 1 is 1.10 bits per heavy atom. The van der Waals surface area contributed by atoms with E-state index in [1.807, 2.05) is 0 Å². The van der Waals surface area contributed by atoms with Gasteiger partial charge >= 0.3 is 0 Å². The SMILES string of the molecule is O=C(c1cccc(S(=O)(=O)Nc2ccc(Br)cc2)c1)N1CCCC(C2OCCO2)C1. The van der Waals surface area contributed by atoms with Crippen LogP contribution in [0.2, 0.25) is 0 Å². The molecule has 1 unspecified atom stereocenters. The van der Waals surface area contributed by atoms with Crippen LogP contribution in [0.1, 0.15) is 23.2 Å². The molecule has 2 aromatic carbocycles. The third-order valence-corrected chi connectivity index (χ3v) is 7.17. The van der Waals surface area contributed by atoms with Crippen LogP contribution in [-0.4, -0.2) is 51.8 Å². The van der Waals surface area contributed by atoms with Crippen LogP contribution in [0, 0.1) is 5.92 Å². The number of hydrogen-bond donors (Lipinski definition) is 1. The summed E-state index contributed by atoms with van der Waals surface area (Å²) in [6.07, 6.45) is 1.55. The van der Waals surface area contributed by atoms with E-state index in [0.29, 0.717) is 37.6 Å². The Kier molecular flexibility index (Phi) is 6.43. The number of halogens is 1. The highest BCUT2D eigenvalue weighted by molar-refractivity contribution is 9.10. The summed E-state index contributed by atoms with van der Waals surface area (Å²) in [6, 6.07) is 13.0. The second kappa shape index (κ2) is 9.05. The first-order valence-corrected chi connectivity index (χ1v) is 12.1. The van der Waals surface area contributed by atoms with Gasteiger partial charge in [-0.25, -0.2) is 8.42 Å². The second-order valence-corrected chi connectivity index (χ2v) is 10.0. The number of rotatable bonds is 5. The zero-order chi connectivity index (χ0) is 21.1. The highest BCUT2D eigenvalue weighted by atomic mass is 79.9. The molecule has 1 atom stereocenters. The van der Waals surface area contributed by atoms with E-state index in [-0.39, 0.29) is 23.0 Å². The average molecular weight is 495 g/mol. The third kappa shape index (κ3) is 4.85. The van der Waals surface area contributed by atoms with Crippen molar-refractivity contribution in [2.24, 2.45) is 5.92 Å². The molecule has 1 amide bonds. The minimum atomic E-state index is -3.81. The van der Waals surface area contributed by atoms with Crippen LogP contribution < -0.4 is 4.72 Å². The number of sulfonamides is 1. The largest absolute Gasteiger partial charge is 0.350 e. The van der Waals surface area contributed by atoms with Crippen molar-refractivity contribution in [3.8, 4) is 0 Å². The van der Waals surface area contributed by atoms with Crippen molar-refractivity contribution in [3.63, 3.8) is 0 Å². The Hall–Kier alpha value is -1.94. The molecule has 0 saturated carbocycles. The molecule has 0 aliphatic carbocycles. The normalized spacial score (nSPS) is 20.3. The molecule has 0 spiro atoms. The van der Waals surface area contributed by atoms with Crippen LogP contribution in [0.4, 0.5) is 5.69 Å².